The lowest BCUT2D eigenvalue weighted by Crippen LogP contribution is -2.49. The molecule has 152 valence electrons. The van der Waals surface area contributed by atoms with Crippen LogP contribution < -0.4 is 4.90 Å². The number of benzene rings is 1. The molecule has 8 heteroatoms. The van der Waals surface area contributed by atoms with Crippen molar-refractivity contribution in [2.24, 2.45) is 0 Å². The van der Waals surface area contributed by atoms with Gasteiger partial charge < -0.3 is 14.2 Å². The summed E-state index contributed by atoms with van der Waals surface area (Å²) in [5, 5.41) is 9.24. The summed E-state index contributed by atoms with van der Waals surface area (Å²) in [6, 6.07) is 12.2. The van der Waals surface area contributed by atoms with Crippen molar-refractivity contribution >= 4 is 23.4 Å². The molecule has 1 saturated heterocycles. The summed E-state index contributed by atoms with van der Waals surface area (Å²) in [5.41, 5.74) is 2.49. The van der Waals surface area contributed by atoms with Crippen LogP contribution in [0.5, 0.6) is 0 Å². The number of thioether (sulfide) groups is 1. The molecule has 7 nitrogen and oxygen atoms in total. The van der Waals surface area contributed by atoms with E-state index >= 15 is 0 Å². The Kier molecular flexibility index (Phi) is 5.89. The van der Waals surface area contributed by atoms with E-state index in [1.807, 2.05) is 28.5 Å². The molecule has 0 atom stereocenters. The number of carbonyl (C=O) groups excluding carboxylic acids is 1. The third-order valence-electron chi connectivity index (χ3n) is 5.10. The molecule has 0 aliphatic carbocycles. The van der Waals surface area contributed by atoms with E-state index < -0.39 is 0 Å². The van der Waals surface area contributed by atoms with E-state index in [0.717, 1.165) is 31.3 Å². The molecular formula is C21H25N5O2S. The fourth-order valence-electron chi connectivity index (χ4n) is 3.52. The Balaban J connectivity index is 1.33. The predicted molar refractivity (Wildman–Crippen MR) is 114 cm³/mol. The Morgan fingerprint density at radius 2 is 1.97 bits per heavy atom. The highest BCUT2D eigenvalue weighted by Gasteiger charge is 2.23. The molecule has 0 unspecified atom stereocenters. The molecule has 0 spiro atoms. The van der Waals surface area contributed by atoms with Crippen molar-refractivity contribution in [1.29, 1.82) is 0 Å². The molecular weight excluding hydrogens is 386 g/mol. The van der Waals surface area contributed by atoms with E-state index in [9.17, 15) is 4.79 Å². The molecule has 1 fully saturated rings. The van der Waals surface area contributed by atoms with Gasteiger partial charge in [0, 0.05) is 38.4 Å². The number of nitrogens with zero attached hydrogens (tertiary/aromatic N) is 5. The zero-order valence-corrected chi connectivity index (χ0v) is 17.6. The molecule has 0 bridgehead atoms. The normalized spacial score (nSPS) is 14.4. The van der Waals surface area contributed by atoms with Crippen molar-refractivity contribution in [2.45, 2.75) is 25.5 Å². The lowest BCUT2D eigenvalue weighted by atomic mass is 10.2. The van der Waals surface area contributed by atoms with Crippen LogP contribution in [-0.2, 0) is 11.3 Å². The van der Waals surface area contributed by atoms with Gasteiger partial charge in [-0.25, -0.2) is 0 Å². The van der Waals surface area contributed by atoms with Gasteiger partial charge in [0.05, 0.1) is 12.0 Å². The molecule has 0 radical (unpaired) electrons. The molecule has 1 aliphatic heterocycles. The van der Waals surface area contributed by atoms with Gasteiger partial charge in [0.2, 0.25) is 5.91 Å². The molecule has 0 N–H and O–H groups in total. The Hall–Kier alpha value is -2.74. The summed E-state index contributed by atoms with van der Waals surface area (Å²) in [6.45, 7) is 8.05. The minimum Gasteiger partial charge on any atom is -0.461 e. The minimum absolute atomic E-state index is 0.143. The summed E-state index contributed by atoms with van der Waals surface area (Å²) in [6.07, 6.45) is 1.62. The lowest BCUT2D eigenvalue weighted by Gasteiger charge is -2.36. The predicted octanol–water partition coefficient (Wildman–Crippen LogP) is 3.31. The van der Waals surface area contributed by atoms with E-state index in [2.05, 4.69) is 46.3 Å². The maximum Gasteiger partial charge on any atom is 0.233 e. The quantitative estimate of drug-likeness (QED) is 0.580. The van der Waals surface area contributed by atoms with Gasteiger partial charge in [0.15, 0.2) is 16.7 Å². The molecule has 2 aromatic heterocycles. The SMILES string of the molecule is CCn1c(SCC(=O)N2CCN(c3cccc(C)c3)CC2)nnc1-c1ccco1. The number of rotatable bonds is 6. The Bertz CT molecular complexity index is 961. The third-order valence-corrected chi connectivity index (χ3v) is 6.05. The van der Waals surface area contributed by atoms with Gasteiger partial charge in [-0.15, -0.1) is 10.2 Å². The van der Waals surface area contributed by atoms with Crippen molar-refractivity contribution in [3.8, 4) is 11.6 Å². The van der Waals surface area contributed by atoms with Crippen molar-refractivity contribution in [1.82, 2.24) is 19.7 Å². The Morgan fingerprint density at radius 1 is 1.14 bits per heavy atom. The monoisotopic (exact) mass is 411 g/mol. The second kappa shape index (κ2) is 8.73. The minimum atomic E-state index is 0.143. The summed E-state index contributed by atoms with van der Waals surface area (Å²) in [5.74, 6) is 1.88. The first-order valence-corrected chi connectivity index (χ1v) is 10.8. The fraction of sp³-hybridized carbons (Fsp3) is 0.381. The zero-order valence-electron chi connectivity index (χ0n) is 16.7. The standard InChI is InChI=1S/C21H25N5O2S/c1-3-26-20(18-8-5-13-28-18)22-23-21(26)29-15-19(27)25-11-9-24(10-12-25)17-7-4-6-16(2)14-17/h4-8,13-14H,3,9-12,15H2,1-2H3. The summed E-state index contributed by atoms with van der Waals surface area (Å²) in [4.78, 5) is 17.0. The smallest absolute Gasteiger partial charge is 0.233 e. The van der Waals surface area contributed by atoms with E-state index in [-0.39, 0.29) is 5.91 Å². The fourth-order valence-corrected chi connectivity index (χ4v) is 4.43. The molecule has 1 amide bonds. The van der Waals surface area contributed by atoms with Crippen LogP contribution in [0.25, 0.3) is 11.6 Å². The van der Waals surface area contributed by atoms with E-state index in [1.54, 1.807) is 6.26 Å². The van der Waals surface area contributed by atoms with Crippen molar-refractivity contribution in [3.63, 3.8) is 0 Å². The van der Waals surface area contributed by atoms with Crippen LogP contribution in [0.15, 0.2) is 52.2 Å². The van der Waals surface area contributed by atoms with Gasteiger partial charge in [-0.1, -0.05) is 23.9 Å². The summed E-state index contributed by atoms with van der Waals surface area (Å²) >= 11 is 1.43. The number of furan rings is 1. The maximum atomic E-state index is 12.7. The van der Waals surface area contributed by atoms with Gasteiger partial charge in [0.1, 0.15) is 0 Å². The highest BCUT2D eigenvalue weighted by atomic mass is 32.2. The molecule has 1 aromatic carbocycles. The number of carbonyl (C=O) groups is 1. The molecule has 3 aromatic rings. The largest absolute Gasteiger partial charge is 0.461 e. The second-order valence-electron chi connectivity index (χ2n) is 7.02. The van der Waals surface area contributed by atoms with Crippen molar-refractivity contribution in [3.05, 3.63) is 48.2 Å². The topological polar surface area (TPSA) is 67.4 Å². The number of amides is 1. The maximum absolute atomic E-state index is 12.7. The van der Waals surface area contributed by atoms with Crippen LogP contribution in [0.4, 0.5) is 5.69 Å². The zero-order chi connectivity index (χ0) is 20.2. The number of anilines is 1. The van der Waals surface area contributed by atoms with Gasteiger partial charge in [-0.3, -0.25) is 9.36 Å². The third kappa shape index (κ3) is 4.32. The van der Waals surface area contributed by atoms with Gasteiger partial charge in [-0.2, -0.15) is 0 Å². The van der Waals surface area contributed by atoms with Crippen LogP contribution in [-0.4, -0.2) is 57.5 Å². The summed E-state index contributed by atoms with van der Waals surface area (Å²) < 4.78 is 7.42. The van der Waals surface area contributed by atoms with E-state index in [0.29, 0.717) is 23.9 Å². The first-order chi connectivity index (χ1) is 14.2. The number of piperazine rings is 1. The number of hydrogen-bond donors (Lipinski definition) is 0. The van der Waals surface area contributed by atoms with Gasteiger partial charge >= 0.3 is 0 Å². The second-order valence-corrected chi connectivity index (χ2v) is 7.97. The molecule has 3 heterocycles. The van der Waals surface area contributed by atoms with E-state index in [4.69, 9.17) is 4.42 Å². The number of aromatic nitrogens is 3. The van der Waals surface area contributed by atoms with Crippen molar-refractivity contribution < 1.29 is 9.21 Å². The van der Waals surface area contributed by atoms with Crippen LogP contribution in [0, 0.1) is 6.92 Å². The van der Waals surface area contributed by atoms with Gasteiger partial charge in [0.25, 0.3) is 0 Å². The van der Waals surface area contributed by atoms with Gasteiger partial charge in [-0.05, 0) is 43.7 Å². The highest BCUT2D eigenvalue weighted by molar-refractivity contribution is 7.99. The lowest BCUT2D eigenvalue weighted by molar-refractivity contribution is -0.128. The average Bonchev–Trinajstić information content (AvgIpc) is 3.41. The molecule has 4 rings (SSSR count). The van der Waals surface area contributed by atoms with Crippen LogP contribution in [0.3, 0.4) is 0 Å². The first-order valence-electron chi connectivity index (χ1n) is 9.85. The van der Waals surface area contributed by atoms with E-state index in [1.165, 1.54) is 23.0 Å². The number of aryl methyl sites for hydroxylation is 1. The summed E-state index contributed by atoms with van der Waals surface area (Å²) in [7, 11) is 0. The van der Waals surface area contributed by atoms with Crippen LogP contribution >= 0.6 is 11.8 Å². The Labute approximate surface area is 174 Å². The van der Waals surface area contributed by atoms with Crippen molar-refractivity contribution in [2.75, 3.05) is 36.8 Å². The first kappa shape index (κ1) is 19.6. The average molecular weight is 412 g/mol. The highest BCUT2D eigenvalue weighted by Crippen LogP contribution is 2.25. The number of hydrogen-bond acceptors (Lipinski definition) is 6. The van der Waals surface area contributed by atoms with Crippen LogP contribution in [0.1, 0.15) is 12.5 Å². The molecule has 0 saturated carbocycles. The molecule has 1 aliphatic rings. The van der Waals surface area contributed by atoms with Crippen LogP contribution in [0.2, 0.25) is 0 Å². The molecule has 29 heavy (non-hydrogen) atoms. The Morgan fingerprint density at radius 3 is 2.66 bits per heavy atom.